The van der Waals surface area contributed by atoms with Gasteiger partial charge in [0.25, 0.3) is 10.0 Å². The first-order chi connectivity index (χ1) is 12.5. The van der Waals surface area contributed by atoms with Gasteiger partial charge in [0, 0.05) is 6.54 Å². The lowest BCUT2D eigenvalue weighted by molar-refractivity contribution is 0.576. The van der Waals surface area contributed by atoms with E-state index in [0.29, 0.717) is 12.8 Å². The number of hydrogen-bond acceptors (Lipinski definition) is 3. The average Bonchev–Trinajstić information content (AvgIpc) is 3.16. The summed E-state index contributed by atoms with van der Waals surface area (Å²) in [6.07, 6.45) is 4.11. The molecular weight excluding hydrogens is 353 g/mol. The number of sulfonamides is 1. The highest BCUT2D eigenvalue weighted by Crippen LogP contribution is 2.36. The van der Waals surface area contributed by atoms with E-state index < -0.39 is 15.8 Å². The third-order valence-corrected chi connectivity index (χ3v) is 6.42. The summed E-state index contributed by atoms with van der Waals surface area (Å²) in [5.41, 5.74) is 2.59. The first-order valence-electron chi connectivity index (χ1n) is 8.39. The predicted octanol–water partition coefficient (Wildman–Crippen LogP) is 3.46. The molecule has 0 bridgehead atoms. The third-order valence-electron chi connectivity index (χ3n) is 4.67. The highest BCUT2D eigenvalue weighted by molar-refractivity contribution is 7.92. The molecule has 1 aromatic heterocycles. The molecule has 2 aromatic carbocycles. The van der Waals surface area contributed by atoms with E-state index in [1.807, 2.05) is 37.3 Å². The average molecular weight is 371 g/mol. The number of para-hydroxylation sites is 1. The van der Waals surface area contributed by atoms with Crippen molar-refractivity contribution in [1.29, 1.82) is 0 Å². The van der Waals surface area contributed by atoms with Crippen LogP contribution in [0.1, 0.15) is 17.5 Å². The van der Waals surface area contributed by atoms with Gasteiger partial charge in [-0.15, -0.1) is 0 Å². The number of halogens is 1. The van der Waals surface area contributed by atoms with Gasteiger partial charge in [0.15, 0.2) is 0 Å². The fourth-order valence-electron chi connectivity index (χ4n) is 3.33. The van der Waals surface area contributed by atoms with E-state index in [1.165, 1.54) is 27.4 Å². The van der Waals surface area contributed by atoms with Gasteiger partial charge in [0.1, 0.15) is 10.7 Å². The summed E-state index contributed by atoms with van der Waals surface area (Å²) in [4.78, 5) is 0.0510. The zero-order chi connectivity index (χ0) is 18.3. The molecule has 5 nitrogen and oxygen atoms in total. The maximum atomic E-state index is 14.5. The number of aromatic nitrogens is 2. The van der Waals surface area contributed by atoms with Crippen molar-refractivity contribution < 1.29 is 12.8 Å². The fourth-order valence-corrected chi connectivity index (χ4v) is 4.81. The molecule has 7 heteroatoms. The summed E-state index contributed by atoms with van der Waals surface area (Å²) < 4.78 is 43.5. The topological polar surface area (TPSA) is 55.2 Å². The van der Waals surface area contributed by atoms with E-state index in [9.17, 15) is 12.8 Å². The number of rotatable bonds is 3. The summed E-state index contributed by atoms with van der Waals surface area (Å²) in [5, 5.41) is 4.16. The Morgan fingerprint density at radius 1 is 1.12 bits per heavy atom. The molecule has 0 spiro atoms. The summed E-state index contributed by atoms with van der Waals surface area (Å²) in [5.74, 6) is -0.510. The van der Waals surface area contributed by atoms with Crippen LogP contribution in [0.5, 0.6) is 0 Å². The molecule has 134 valence electrons. The first-order valence-corrected chi connectivity index (χ1v) is 9.83. The number of nitrogens with zero attached hydrogens (tertiary/aromatic N) is 3. The minimum absolute atomic E-state index is 0.0510. The van der Waals surface area contributed by atoms with Gasteiger partial charge in [-0.2, -0.15) is 5.10 Å². The standard InChI is InChI=1S/C19H18FN3O2S/c1-14-9-10-18(20)19-17(14)8-5-11-23(19)26(24,25)16-12-21-22(13-16)15-6-3-2-4-7-15/h2-4,6-7,9-10,12-13H,5,8,11H2,1H3. The molecule has 0 fully saturated rings. The molecule has 0 saturated carbocycles. The zero-order valence-electron chi connectivity index (χ0n) is 14.3. The van der Waals surface area contributed by atoms with E-state index in [0.717, 1.165) is 16.8 Å². The second-order valence-electron chi connectivity index (χ2n) is 6.33. The largest absolute Gasteiger partial charge is 0.267 e. The van der Waals surface area contributed by atoms with Gasteiger partial charge in [-0.3, -0.25) is 4.31 Å². The van der Waals surface area contributed by atoms with Crippen molar-refractivity contribution in [2.75, 3.05) is 10.8 Å². The van der Waals surface area contributed by atoms with Gasteiger partial charge in [-0.1, -0.05) is 24.3 Å². The van der Waals surface area contributed by atoms with Crippen molar-refractivity contribution in [1.82, 2.24) is 9.78 Å². The quantitative estimate of drug-likeness (QED) is 0.708. The second kappa shape index (κ2) is 6.25. The minimum Gasteiger partial charge on any atom is -0.263 e. The van der Waals surface area contributed by atoms with Gasteiger partial charge >= 0.3 is 0 Å². The Morgan fingerprint density at radius 3 is 2.65 bits per heavy atom. The molecule has 0 radical (unpaired) electrons. The smallest absolute Gasteiger partial charge is 0.263 e. The van der Waals surface area contributed by atoms with Crippen LogP contribution >= 0.6 is 0 Å². The van der Waals surface area contributed by atoms with Crippen molar-refractivity contribution in [3.63, 3.8) is 0 Å². The Morgan fingerprint density at radius 2 is 1.88 bits per heavy atom. The Labute approximate surface area is 151 Å². The fraction of sp³-hybridized carbons (Fsp3) is 0.211. The number of hydrogen-bond donors (Lipinski definition) is 0. The molecule has 26 heavy (non-hydrogen) atoms. The lowest BCUT2D eigenvalue weighted by Gasteiger charge is -2.31. The molecule has 1 aliphatic heterocycles. The van der Waals surface area contributed by atoms with Crippen LogP contribution in [0.25, 0.3) is 5.69 Å². The highest BCUT2D eigenvalue weighted by Gasteiger charge is 2.33. The SMILES string of the molecule is Cc1ccc(F)c2c1CCCN2S(=O)(=O)c1cnn(-c2ccccc2)c1. The summed E-state index contributed by atoms with van der Waals surface area (Å²) in [6.45, 7) is 2.13. The van der Waals surface area contributed by atoms with Crippen LogP contribution in [0.3, 0.4) is 0 Å². The van der Waals surface area contributed by atoms with E-state index in [4.69, 9.17) is 0 Å². The summed E-state index contributed by atoms with van der Waals surface area (Å²) in [7, 11) is -3.89. The number of aryl methyl sites for hydroxylation is 1. The van der Waals surface area contributed by atoms with Crippen LogP contribution in [-0.4, -0.2) is 24.7 Å². The molecule has 3 aromatic rings. The molecule has 0 atom stereocenters. The first kappa shape index (κ1) is 16.8. The third kappa shape index (κ3) is 2.68. The van der Waals surface area contributed by atoms with Crippen LogP contribution in [0, 0.1) is 12.7 Å². The lowest BCUT2D eigenvalue weighted by Crippen LogP contribution is -2.36. The lowest BCUT2D eigenvalue weighted by atomic mass is 9.98. The van der Waals surface area contributed by atoms with Crippen molar-refractivity contribution >= 4 is 15.7 Å². The van der Waals surface area contributed by atoms with Crippen molar-refractivity contribution in [2.24, 2.45) is 0 Å². The van der Waals surface area contributed by atoms with Gasteiger partial charge in [-0.05, 0) is 49.1 Å². The van der Waals surface area contributed by atoms with Crippen LogP contribution in [0.15, 0.2) is 59.8 Å². The Bertz CT molecular complexity index is 1060. The molecule has 0 unspecified atom stereocenters. The maximum Gasteiger partial charge on any atom is 0.267 e. The molecular formula is C19H18FN3O2S. The Hall–Kier alpha value is -2.67. The van der Waals surface area contributed by atoms with E-state index in [1.54, 1.807) is 6.07 Å². The minimum atomic E-state index is -3.89. The second-order valence-corrected chi connectivity index (χ2v) is 8.19. The number of fused-ring (bicyclic) bond motifs is 1. The van der Waals surface area contributed by atoms with Crippen LogP contribution in [0.4, 0.5) is 10.1 Å². The van der Waals surface area contributed by atoms with Gasteiger partial charge in [-0.25, -0.2) is 17.5 Å². The molecule has 0 aliphatic carbocycles. The molecule has 2 heterocycles. The number of benzene rings is 2. The molecule has 4 rings (SSSR count). The van der Waals surface area contributed by atoms with Crippen molar-refractivity contribution in [3.8, 4) is 5.69 Å². The van der Waals surface area contributed by atoms with Gasteiger partial charge in [0.05, 0.1) is 23.8 Å². The Balaban J connectivity index is 1.78. The van der Waals surface area contributed by atoms with Gasteiger partial charge in [0.2, 0.25) is 0 Å². The monoisotopic (exact) mass is 371 g/mol. The van der Waals surface area contributed by atoms with Crippen LogP contribution in [-0.2, 0) is 16.4 Å². The van der Waals surface area contributed by atoms with E-state index in [-0.39, 0.29) is 17.1 Å². The summed E-state index contributed by atoms with van der Waals surface area (Å²) >= 11 is 0. The highest BCUT2D eigenvalue weighted by atomic mass is 32.2. The van der Waals surface area contributed by atoms with Crippen molar-refractivity contribution in [2.45, 2.75) is 24.7 Å². The summed E-state index contributed by atoms with van der Waals surface area (Å²) in [6, 6.07) is 12.3. The molecule has 1 aliphatic rings. The van der Waals surface area contributed by atoms with E-state index in [2.05, 4.69) is 5.10 Å². The molecule has 0 N–H and O–H groups in total. The van der Waals surface area contributed by atoms with Crippen LogP contribution < -0.4 is 4.31 Å². The van der Waals surface area contributed by atoms with Gasteiger partial charge < -0.3 is 0 Å². The number of anilines is 1. The Kier molecular flexibility index (Phi) is 4.03. The zero-order valence-corrected chi connectivity index (χ0v) is 15.1. The maximum absolute atomic E-state index is 14.5. The van der Waals surface area contributed by atoms with E-state index >= 15 is 0 Å². The van der Waals surface area contributed by atoms with Crippen molar-refractivity contribution in [3.05, 3.63) is 71.8 Å². The molecule has 0 saturated heterocycles. The predicted molar refractivity (Wildman–Crippen MR) is 97.6 cm³/mol. The molecule has 0 amide bonds. The van der Waals surface area contributed by atoms with Crippen LogP contribution in [0.2, 0.25) is 0 Å². The normalized spacial score (nSPS) is 14.3.